The largest absolute Gasteiger partial charge is 0.364 e. The van der Waals surface area contributed by atoms with Gasteiger partial charge >= 0.3 is 0 Å². The van der Waals surface area contributed by atoms with Crippen LogP contribution in [0.3, 0.4) is 0 Å². The van der Waals surface area contributed by atoms with E-state index in [0.717, 1.165) is 42.9 Å². The maximum Gasteiger partial charge on any atom is 0.269 e. The molecule has 3 rings (SSSR count). The second-order valence-corrected chi connectivity index (χ2v) is 7.15. The molecule has 2 aromatic heterocycles. The van der Waals surface area contributed by atoms with Gasteiger partial charge in [-0.25, -0.2) is 4.98 Å². The van der Waals surface area contributed by atoms with Gasteiger partial charge in [-0.3, -0.25) is 14.7 Å². The molecule has 2 amide bonds. The minimum Gasteiger partial charge on any atom is -0.364 e. The Morgan fingerprint density at radius 2 is 2.33 bits per heavy atom. The highest BCUT2D eigenvalue weighted by Crippen LogP contribution is 2.28. The van der Waals surface area contributed by atoms with Gasteiger partial charge in [0.25, 0.3) is 11.8 Å². The van der Waals surface area contributed by atoms with E-state index in [1.54, 1.807) is 12.3 Å². The van der Waals surface area contributed by atoms with Crippen LogP contribution in [0.4, 0.5) is 0 Å². The maximum absolute atomic E-state index is 12.7. The van der Waals surface area contributed by atoms with E-state index in [1.807, 2.05) is 4.90 Å². The van der Waals surface area contributed by atoms with E-state index in [9.17, 15) is 9.59 Å². The van der Waals surface area contributed by atoms with Crippen molar-refractivity contribution in [2.75, 3.05) is 13.1 Å². The molecule has 1 aliphatic heterocycles. The van der Waals surface area contributed by atoms with Gasteiger partial charge in [0, 0.05) is 24.7 Å². The van der Waals surface area contributed by atoms with Crippen molar-refractivity contribution in [1.82, 2.24) is 20.1 Å². The number of nitrogens with two attached hydrogens (primary N) is 1. The van der Waals surface area contributed by atoms with Gasteiger partial charge in [0.05, 0.1) is 11.2 Å². The number of aromatic nitrogens is 3. The average molecular weight is 347 g/mol. The number of carbonyl (C=O) groups is 2. The summed E-state index contributed by atoms with van der Waals surface area (Å²) in [6, 6.07) is 1.69. The smallest absolute Gasteiger partial charge is 0.269 e. The fraction of sp³-hybridized carbons (Fsp3) is 0.500. The summed E-state index contributed by atoms with van der Waals surface area (Å²) in [5.74, 6) is -0.366. The molecule has 3 N–H and O–H groups in total. The van der Waals surface area contributed by atoms with Crippen LogP contribution in [-0.2, 0) is 6.42 Å². The number of nitrogens with zero attached hydrogens (tertiary/aromatic N) is 3. The number of rotatable bonds is 5. The Hall–Kier alpha value is -2.22. The molecule has 0 saturated carbocycles. The van der Waals surface area contributed by atoms with Crippen LogP contribution in [0.15, 0.2) is 12.3 Å². The van der Waals surface area contributed by atoms with Crippen molar-refractivity contribution in [1.29, 1.82) is 0 Å². The first kappa shape index (κ1) is 16.6. The first-order valence-electron chi connectivity index (χ1n) is 8.17. The van der Waals surface area contributed by atoms with Crippen molar-refractivity contribution >= 4 is 23.2 Å². The molecule has 2 aromatic rings. The molecule has 1 fully saturated rings. The quantitative estimate of drug-likeness (QED) is 0.862. The van der Waals surface area contributed by atoms with E-state index in [-0.39, 0.29) is 17.5 Å². The molecule has 8 heteroatoms. The zero-order valence-electron chi connectivity index (χ0n) is 13.6. The molecule has 1 aliphatic rings. The number of hydrogen-bond acceptors (Lipinski definition) is 5. The average Bonchev–Trinajstić information content (AvgIpc) is 3.24. The zero-order valence-corrected chi connectivity index (χ0v) is 14.4. The van der Waals surface area contributed by atoms with Gasteiger partial charge in [0.2, 0.25) is 0 Å². The lowest BCUT2D eigenvalue weighted by molar-refractivity contribution is 0.0710. The number of carbonyl (C=O) groups excluding carboxylic acids is 2. The lowest BCUT2D eigenvalue weighted by atomic mass is 9.94. The molecule has 7 nitrogen and oxygen atoms in total. The highest BCUT2D eigenvalue weighted by Gasteiger charge is 2.28. The third-order valence-corrected chi connectivity index (χ3v) is 5.27. The molecule has 1 atom stereocenters. The molecule has 0 aromatic carbocycles. The van der Waals surface area contributed by atoms with Crippen molar-refractivity contribution < 1.29 is 9.59 Å². The van der Waals surface area contributed by atoms with Crippen LogP contribution in [0.1, 0.15) is 63.0 Å². The van der Waals surface area contributed by atoms with Crippen LogP contribution in [-0.4, -0.2) is 45.0 Å². The number of H-pyrrole nitrogens is 1. The Kier molecular flexibility index (Phi) is 4.94. The number of aryl methyl sites for hydroxylation is 1. The molecule has 1 saturated heterocycles. The zero-order chi connectivity index (χ0) is 17.1. The maximum atomic E-state index is 12.7. The van der Waals surface area contributed by atoms with Crippen LogP contribution < -0.4 is 5.73 Å². The Morgan fingerprint density at radius 3 is 3.04 bits per heavy atom. The van der Waals surface area contributed by atoms with E-state index in [2.05, 4.69) is 22.1 Å². The van der Waals surface area contributed by atoms with E-state index < -0.39 is 5.91 Å². The van der Waals surface area contributed by atoms with Crippen LogP contribution in [0.25, 0.3) is 0 Å². The first-order valence-corrected chi connectivity index (χ1v) is 8.99. The van der Waals surface area contributed by atoms with Crippen LogP contribution >= 0.6 is 11.3 Å². The van der Waals surface area contributed by atoms with Gasteiger partial charge in [-0.1, -0.05) is 6.92 Å². The summed E-state index contributed by atoms with van der Waals surface area (Å²) in [6.07, 6.45) is 5.48. The van der Waals surface area contributed by atoms with Crippen molar-refractivity contribution in [2.45, 2.75) is 38.5 Å². The molecule has 0 bridgehead atoms. The SMILES string of the molecule is CCCc1ncc(C(=O)N2CCCC(c3cc(C(N)=O)n[nH]3)C2)s1. The molecule has 128 valence electrons. The van der Waals surface area contributed by atoms with Gasteiger partial charge in [0.1, 0.15) is 10.6 Å². The number of likely N-dealkylation sites (tertiary alicyclic amines) is 1. The second-order valence-electron chi connectivity index (χ2n) is 6.03. The standard InChI is InChI=1S/C16H21N5O2S/c1-2-4-14-18-8-13(24-14)16(23)21-6-3-5-10(9-21)11-7-12(15(17)22)20-19-11/h7-8,10H,2-6,9H2,1H3,(H2,17,22)(H,19,20). The van der Waals surface area contributed by atoms with Crippen molar-refractivity contribution in [3.63, 3.8) is 0 Å². The molecule has 0 aliphatic carbocycles. The molecular weight excluding hydrogens is 326 g/mol. The second kappa shape index (κ2) is 7.12. The van der Waals surface area contributed by atoms with Gasteiger partial charge < -0.3 is 10.6 Å². The highest BCUT2D eigenvalue weighted by molar-refractivity contribution is 7.13. The van der Waals surface area contributed by atoms with E-state index in [0.29, 0.717) is 11.4 Å². The number of nitrogens with one attached hydrogen (secondary N) is 1. The number of aromatic amines is 1. The summed E-state index contributed by atoms with van der Waals surface area (Å²) in [4.78, 5) is 30.8. The van der Waals surface area contributed by atoms with Gasteiger partial charge in [-0.05, 0) is 31.7 Å². The number of hydrogen-bond donors (Lipinski definition) is 2. The Bertz CT molecular complexity index is 738. The fourth-order valence-corrected chi connectivity index (χ4v) is 3.97. The fourth-order valence-electron chi connectivity index (χ4n) is 2.98. The van der Waals surface area contributed by atoms with Crippen LogP contribution in [0, 0.1) is 0 Å². The Labute approximate surface area is 144 Å². The third kappa shape index (κ3) is 3.48. The van der Waals surface area contributed by atoms with Gasteiger partial charge in [-0.2, -0.15) is 5.10 Å². The topological polar surface area (TPSA) is 105 Å². The number of piperidine rings is 1. The van der Waals surface area contributed by atoms with Crippen molar-refractivity contribution in [3.8, 4) is 0 Å². The third-order valence-electron chi connectivity index (χ3n) is 4.23. The summed E-state index contributed by atoms with van der Waals surface area (Å²) >= 11 is 1.48. The summed E-state index contributed by atoms with van der Waals surface area (Å²) in [5, 5.41) is 7.82. The van der Waals surface area contributed by atoms with Crippen molar-refractivity contribution in [3.05, 3.63) is 33.5 Å². The molecule has 0 radical (unpaired) electrons. The van der Waals surface area contributed by atoms with E-state index in [4.69, 9.17) is 5.73 Å². The normalized spacial score (nSPS) is 17.9. The van der Waals surface area contributed by atoms with Crippen LogP contribution in [0.5, 0.6) is 0 Å². The monoisotopic (exact) mass is 347 g/mol. The lowest BCUT2D eigenvalue weighted by Gasteiger charge is -2.31. The summed E-state index contributed by atoms with van der Waals surface area (Å²) < 4.78 is 0. The van der Waals surface area contributed by atoms with Gasteiger partial charge in [0.15, 0.2) is 0 Å². The molecule has 0 spiro atoms. The number of primary amides is 1. The van der Waals surface area contributed by atoms with E-state index in [1.165, 1.54) is 11.3 Å². The minimum atomic E-state index is -0.547. The van der Waals surface area contributed by atoms with Crippen LogP contribution in [0.2, 0.25) is 0 Å². The molecule has 1 unspecified atom stereocenters. The van der Waals surface area contributed by atoms with Crippen molar-refractivity contribution in [2.24, 2.45) is 5.73 Å². The summed E-state index contributed by atoms with van der Waals surface area (Å²) in [7, 11) is 0. The first-order chi connectivity index (χ1) is 11.6. The predicted octanol–water partition coefficient (Wildman–Crippen LogP) is 1.94. The lowest BCUT2D eigenvalue weighted by Crippen LogP contribution is -2.38. The predicted molar refractivity (Wildman–Crippen MR) is 91.1 cm³/mol. The van der Waals surface area contributed by atoms with E-state index >= 15 is 0 Å². The molecule has 3 heterocycles. The molecular formula is C16H21N5O2S. The Morgan fingerprint density at radius 1 is 1.50 bits per heavy atom. The molecule has 24 heavy (non-hydrogen) atoms. The number of thiazole rings is 1. The summed E-state index contributed by atoms with van der Waals surface area (Å²) in [5.41, 5.74) is 6.34. The highest BCUT2D eigenvalue weighted by atomic mass is 32.1. The number of amides is 2. The van der Waals surface area contributed by atoms with Gasteiger partial charge in [-0.15, -0.1) is 11.3 Å². The Balaban J connectivity index is 1.69. The summed E-state index contributed by atoms with van der Waals surface area (Å²) in [6.45, 7) is 3.45. The minimum absolute atomic E-state index is 0.0363.